The van der Waals surface area contributed by atoms with Gasteiger partial charge in [0.25, 0.3) is 0 Å². The molecule has 4 rings (SSSR count). The summed E-state index contributed by atoms with van der Waals surface area (Å²) >= 11 is 5.92. The van der Waals surface area contributed by atoms with Crippen LogP contribution >= 0.6 is 11.6 Å². The monoisotopic (exact) mass is 378 g/mol. The summed E-state index contributed by atoms with van der Waals surface area (Å²) in [6, 6.07) is 12.7. The smallest absolute Gasteiger partial charge is 0.338 e. The fraction of sp³-hybridized carbons (Fsp3) is 0.100. The zero-order chi connectivity index (χ0) is 19.0. The quantitative estimate of drug-likeness (QED) is 0.527. The number of hydrogen-bond donors (Lipinski definition) is 1. The average Bonchev–Trinajstić information content (AvgIpc) is 3.10. The molecule has 27 heavy (non-hydrogen) atoms. The van der Waals surface area contributed by atoms with E-state index < -0.39 is 5.97 Å². The first-order chi connectivity index (χ1) is 13.1. The van der Waals surface area contributed by atoms with E-state index >= 15 is 0 Å². The number of pyridine rings is 2. The fourth-order valence-electron chi connectivity index (χ4n) is 3.16. The van der Waals surface area contributed by atoms with Crippen molar-refractivity contribution in [1.29, 1.82) is 0 Å². The van der Waals surface area contributed by atoms with Gasteiger partial charge in [0.15, 0.2) is 5.65 Å². The van der Waals surface area contributed by atoms with Gasteiger partial charge in [-0.3, -0.25) is 0 Å². The number of fused-ring (bicyclic) bond motifs is 1. The topological polar surface area (TPSA) is 80.9 Å². The molecule has 134 valence electrons. The third-order valence-corrected chi connectivity index (χ3v) is 4.59. The molecule has 7 heteroatoms. The minimum atomic E-state index is -1.06. The third kappa shape index (κ3) is 2.94. The van der Waals surface area contributed by atoms with Crippen LogP contribution in [0.15, 0.2) is 54.9 Å². The summed E-state index contributed by atoms with van der Waals surface area (Å²) in [6.07, 6.45) is 3.22. The van der Waals surface area contributed by atoms with Crippen molar-refractivity contribution >= 4 is 28.6 Å². The van der Waals surface area contributed by atoms with Crippen LogP contribution in [0.25, 0.3) is 33.4 Å². The zero-order valence-electron chi connectivity index (χ0n) is 14.4. The highest BCUT2D eigenvalue weighted by molar-refractivity contribution is 6.29. The van der Waals surface area contributed by atoms with Crippen LogP contribution in [-0.4, -0.2) is 30.8 Å². The van der Waals surface area contributed by atoms with Crippen LogP contribution in [-0.2, 0) is 6.54 Å². The van der Waals surface area contributed by atoms with Gasteiger partial charge in [-0.2, -0.15) is 5.10 Å². The minimum absolute atomic E-state index is 0.119. The highest BCUT2D eigenvalue weighted by atomic mass is 35.5. The first-order valence-corrected chi connectivity index (χ1v) is 8.78. The van der Waals surface area contributed by atoms with Crippen molar-refractivity contribution in [2.75, 3.05) is 0 Å². The van der Waals surface area contributed by atoms with Crippen LogP contribution in [0.1, 0.15) is 17.3 Å². The van der Waals surface area contributed by atoms with E-state index in [1.165, 1.54) is 0 Å². The van der Waals surface area contributed by atoms with Gasteiger partial charge in [-0.15, -0.1) is 0 Å². The molecule has 0 amide bonds. The Balaban J connectivity index is 2.16. The van der Waals surface area contributed by atoms with Gasteiger partial charge in [-0.05, 0) is 19.1 Å². The van der Waals surface area contributed by atoms with Gasteiger partial charge in [-0.25, -0.2) is 19.4 Å². The SMILES string of the molecule is CCn1ncc2c(-c3ccc(Cl)nc3)c(C(=O)O)c(-c3ccccc3)nc21. The summed E-state index contributed by atoms with van der Waals surface area (Å²) in [7, 11) is 0. The first kappa shape index (κ1) is 17.2. The third-order valence-electron chi connectivity index (χ3n) is 4.36. The Bertz CT molecular complexity index is 1140. The summed E-state index contributed by atoms with van der Waals surface area (Å²) in [6.45, 7) is 2.58. The number of carboxylic acids is 1. The number of carboxylic acid groups (broad SMARTS) is 1. The summed E-state index contributed by atoms with van der Waals surface area (Å²) in [4.78, 5) is 21.1. The number of aryl methyl sites for hydroxylation is 1. The lowest BCUT2D eigenvalue weighted by Gasteiger charge is -2.13. The molecule has 1 N–H and O–H groups in total. The number of halogens is 1. The summed E-state index contributed by atoms with van der Waals surface area (Å²) in [5.41, 5.74) is 3.06. The van der Waals surface area contributed by atoms with Crippen LogP contribution in [0.3, 0.4) is 0 Å². The Kier molecular flexibility index (Phi) is 4.33. The number of carbonyl (C=O) groups is 1. The van der Waals surface area contributed by atoms with Crippen molar-refractivity contribution in [3.05, 3.63) is 65.6 Å². The molecule has 0 atom stereocenters. The number of aromatic nitrogens is 4. The van der Waals surface area contributed by atoms with E-state index in [0.717, 1.165) is 5.56 Å². The highest BCUT2D eigenvalue weighted by Gasteiger charge is 2.25. The molecule has 0 bridgehead atoms. The lowest BCUT2D eigenvalue weighted by molar-refractivity contribution is 0.0698. The van der Waals surface area contributed by atoms with Crippen molar-refractivity contribution in [3.63, 3.8) is 0 Å². The second-order valence-corrected chi connectivity index (χ2v) is 6.34. The molecule has 0 radical (unpaired) electrons. The molecule has 0 aliphatic carbocycles. The minimum Gasteiger partial charge on any atom is -0.478 e. The number of hydrogen-bond acceptors (Lipinski definition) is 4. The Morgan fingerprint density at radius 3 is 2.52 bits per heavy atom. The number of benzene rings is 1. The largest absolute Gasteiger partial charge is 0.478 e. The number of nitrogens with zero attached hydrogens (tertiary/aromatic N) is 4. The predicted molar refractivity (Wildman–Crippen MR) is 104 cm³/mol. The number of aromatic carboxylic acids is 1. The van der Waals surface area contributed by atoms with E-state index in [2.05, 4.69) is 15.1 Å². The van der Waals surface area contributed by atoms with Crippen LogP contribution < -0.4 is 0 Å². The molecule has 6 nitrogen and oxygen atoms in total. The zero-order valence-corrected chi connectivity index (χ0v) is 15.2. The van der Waals surface area contributed by atoms with Crippen LogP contribution in [0.2, 0.25) is 5.15 Å². The predicted octanol–water partition coefficient (Wildman–Crippen LogP) is 4.53. The average molecular weight is 379 g/mol. The highest BCUT2D eigenvalue weighted by Crippen LogP contribution is 2.37. The summed E-state index contributed by atoms with van der Waals surface area (Å²) < 4.78 is 1.75. The van der Waals surface area contributed by atoms with Crippen molar-refractivity contribution in [3.8, 4) is 22.4 Å². The molecule has 0 saturated heterocycles. The Labute approximate surface area is 160 Å². The second kappa shape index (κ2) is 6.81. The van der Waals surface area contributed by atoms with Gasteiger partial charge in [-0.1, -0.05) is 41.9 Å². The molecule has 3 aromatic heterocycles. The molecule has 0 aliphatic rings. The molecule has 0 spiro atoms. The first-order valence-electron chi connectivity index (χ1n) is 8.40. The molecule has 3 heterocycles. The molecule has 0 aliphatic heterocycles. The Morgan fingerprint density at radius 1 is 1.11 bits per heavy atom. The lowest BCUT2D eigenvalue weighted by Crippen LogP contribution is -2.07. The van der Waals surface area contributed by atoms with Crippen LogP contribution in [0.4, 0.5) is 0 Å². The van der Waals surface area contributed by atoms with Gasteiger partial charge < -0.3 is 5.11 Å². The van der Waals surface area contributed by atoms with Crippen molar-refractivity contribution in [2.24, 2.45) is 0 Å². The van der Waals surface area contributed by atoms with Crippen molar-refractivity contribution in [1.82, 2.24) is 19.7 Å². The van der Waals surface area contributed by atoms with Gasteiger partial charge >= 0.3 is 5.97 Å². The van der Waals surface area contributed by atoms with Gasteiger partial charge in [0.1, 0.15) is 5.15 Å². The summed E-state index contributed by atoms with van der Waals surface area (Å²) in [5.74, 6) is -1.06. The van der Waals surface area contributed by atoms with E-state index in [1.807, 2.05) is 37.3 Å². The van der Waals surface area contributed by atoms with Crippen LogP contribution in [0.5, 0.6) is 0 Å². The molecular formula is C20H15ClN4O2. The molecule has 4 aromatic rings. The summed E-state index contributed by atoms with van der Waals surface area (Å²) in [5, 5.41) is 15.4. The molecule has 1 aromatic carbocycles. The molecule has 0 unspecified atom stereocenters. The number of rotatable bonds is 4. The normalized spacial score (nSPS) is 11.0. The standard InChI is InChI=1S/C20H15ClN4O2/c1-2-25-19-14(11-23-25)16(13-8-9-15(21)22-10-13)17(20(26)27)18(24-19)12-6-4-3-5-7-12/h3-11H,2H2,1H3,(H,26,27). The second-order valence-electron chi connectivity index (χ2n) is 5.95. The van der Waals surface area contributed by atoms with Crippen molar-refractivity contribution < 1.29 is 9.90 Å². The maximum Gasteiger partial charge on any atom is 0.338 e. The van der Waals surface area contributed by atoms with E-state index in [1.54, 1.807) is 29.2 Å². The van der Waals surface area contributed by atoms with Gasteiger partial charge in [0, 0.05) is 34.8 Å². The van der Waals surface area contributed by atoms with Gasteiger partial charge in [0.05, 0.1) is 17.5 Å². The van der Waals surface area contributed by atoms with E-state index in [4.69, 9.17) is 11.6 Å². The Hall–Kier alpha value is -3.25. The van der Waals surface area contributed by atoms with E-state index in [9.17, 15) is 9.90 Å². The molecule has 0 saturated carbocycles. The maximum atomic E-state index is 12.3. The van der Waals surface area contributed by atoms with Gasteiger partial charge in [0.2, 0.25) is 0 Å². The molecule has 0 fully saturated rings. The molecular weight excluding hydrogens is 364 g/mol. The van der Waals surface area contributed by atoms with Crippen molar-refractivity contribution in [2.45, 2.75) is 13.5 Å². The van der Waals surface area contributed by atoms with Crippen LogP contribution in [0, 0.1) is 0 Å². The Morgan fingerprint density at radius 2 is 1.89 bits per heavy atom. The fourth-order valence-corrected chi connectivity index (χ4v) is 3.27. The maximum absolute atomic E-state index is 12.3. The van der Waals surface area contributed by atoms with E-state index in [-0.39, 0.29) is 5.56 Å². The lowest BCUT2D eigenvalue weighted by atomic mass is 9.94. The van der Waals surface area contributed by atoms with E-state index in [0.29, 0.717) is 39.6 Å².